The molecule has 146 heavy (non-hydrogen) atoms. The zero-order chi connectivity index (χ0) is 101. The number of tetrazole rings is 2. The summed E-state index contributed by atoms with van der Waals surface area (Å²) in [6, 6.07) is 87.1. The number of nitrogens with one attached hydrogen (secondary N) is 5. The van der Waals surface area contributed by atoms with Crippen molar-refractivity contribution in [2.75, 3.05) is 28.4 Å². The number of phenolic OH excluding ortho intramolecular Hbond substituents is 1. The summed E-state index contributed by atoms with van der Waals surface area (Å²) in [6.45, 7) is 3.55. The van der Waals surface area contributed by atoms with E-state index in [0.717, 1.165) is 112 Å². The monoisotopic (exact) mass is 1970 g/mol. The number of aryl methyl sites for hydroxylation is 2. The van der Waals surface area contributed by atoms with Crippen LogP contribution < -0.4 is 26.0 Å². The fraction of sp³-hybridized carbons (Fsp3) is 0.132. The Morgan fingerprint density at radius 1 is 0.397 bits per heavy atom. The van der Waals surface area contributed by atoms with Gasteiger partial charge in [-0.25, -0.2) is 37.2 Å². The molecule has 26 rings (SSSR count). The second-order valence-corrected chi connectivity index (χ2v) is 38.4. The summed E-state index contributed by atoms with van der Waals surface area (Å²) in [6.07, 6.45) is 11.1. The number of fused-ring (bicyclic) bond motifs is 8. The van der Waals surface area contributed by atoms with Crippen molar-refractivity contribution < 1.29 is 67.5 Å². The fourth-order valence-corrected chi connectivity index (χ4v) is 22.3. The highest BCUT2D eigenvalue weighted by atomic mass is 35.5. The number of ether oxygens (including phenoxy) is 1. The van der Waals surface area contributed by atoms with Crippen molar-refractivity contribution in [1.82, 2.24) is 60.4 Å². The van der Waals surface area contributed by atoms with Crippen molar-refractivity contribution in [3.63, 3.8) is 0 Å². The molecule has 8 heterocycles. The molecule has 0 saturated heterocycles. The third kappa shape index (κ3) is 15.7. The zero-order valence-electron chi connectivity index (χ0n) is 77.6. The molecule has 4 amide bonds. The summed E-state index contributed by atoms with van der Waals surface area (Å²) in [5, 5.41) is 85.6. The van der Waals surface area contributed by atoms with E-state index in [1.54, 1.807) is 107 Å². The van der Waals surface area contributed by atoms with Crippen LogP contribution in [0, 0.1) is 25.5 Å². The Labute approximate surface area is 840 Å². The van der Waals surface area contributed by atoms with Crippen LogP contribution in [0.3, 0.4) is 0 Å². The number of aromatic hydroxyl groups is 1. The third-order valence-corrected chi connectivity index (χ3v) is 30.3. The van der Waals surface area contributed by atoms with Crippen LogP contribution in [0.4, 0.5) is 31.5 Å². The number of nitrogens with zero attached hydrogens (tertiary/aromatic N) is 11. The predicted molar refractivity (Wildman–Crippen MR) is 543 cm³/mol. The van der Waals surface area contributed by atoms with Gasteiger partial charge in [0, 0.05) is 105 Å². The first kappa shape index (κ1) is 91.7. The van der Waals surface area contributed by atoms with E-state index >= 15 is 8.78 Å². The molecule has 8 aliphatic rings. The number of phenols is 1. The lowest BCUT2D eigenvalue weighted by atomic mass is 9.89. The number of para-hydroxylation sites is 1. The maximum absolute atomic E-state index is 15.3. The van der Waals surface area contributed by atoms with Gasteiger partial charge in [-0.05, 0) is 283 Å². The Morgan fingerprint density at radius 3 is 1.17 bits per heavy atom. The lowest BCUT2D eigenvalue weighted by Crippen LogP contribution is -2.21. The zero-order valence-corrected chi connectivity index (χ0v) is 79.2. The highest BCUT2D eigenvalue weighted by Gasteiger charge is 2.69. The number of anilines is 4. The lowest BCUT2D eigenvalue weighted by molar-refractivity contribution is -0.118. The number of aromatic carboxylic acids is 3. The standard InChI is InChI=1S/C33H24FN3O4.C29H20FN5O2.C27H20ClN3O3.C25H18ClN5O3/c1-41-30-12-9-22(15-25(30)31(38)39)27-18-33(27)26-16-24(28(34)17-29(26)36-32(33)40)21-5-3-19(4-6-21)20-7-10-23(11-8-20)37-14-2-13-35-37;30-24-14-25-22(13-21(24)17-10-8-16(9-11-17)20-6-1-2-7-26(20)36)29(28(37)31-25)15-23(29)18-4-3-5-19(12-18)27-32-34-35-33-27;1-15-3-4-17(11-19(15)25(32)33)22-14-27(22)21-12-20(23(28)13-24(21)30-26(27)34)16-5-7-18(8-6-16)31-10-2-9-29-31;1-13-2-3-15(8-17(13)23(32)33)20-11-25(20)19-9-18(21(26)10-22(19)28-24(25)34)14-4-6-16(7-5-14)31-12-27-29-30-31/h2-17,27H,18H2,1H3,(H,36,40)(H,38,39);1-14,23,36H,15H2,(H,31,37)(H,32,33,34,35);2-13,22H,14H2,1H3,(H,30,34)(H,32,33);2-10,12,20H,11H2,1H3,(H,28,34)(H,32,33). The van der Waals surface area contributed by atoms with E-state index in [1.165, 1.54) is 25.6 Å². The molecule has 4 aliphatic carbocycles. The first-order valence-corrected chi connectivity index (χ1v) is 47.5. The number of carboxylic acid groups (broad SMARTS) is 3. The number of rotatable bonds is 18. The quantitative estimate of drug-likeness (QED) is 0.0385. The summed E-state index contributed by atoms with van der Waals surface area (Å²) in [5.41, 5.74) is 21.0. The number of carboxylic acids is 3. The molecule has 28 nitrogen and oxygen atoms in total. The summed E-state index contributed by atoms with van der Waals surface area (Å²) >= 11 is 13.3. The van der Waals surface area contributed by atoms with Crippen LogP contribution in [0.5, 0.6) is 11.5 Å². The number of H-pyrrole nitrogens is 1. The van der Waals surface area contributed by atoms with Gasteiger partial charge < -0.3 is 46.4 Å². The highest BCUT2D eigenvalue weighted by Crippen LogP contribution is 2.70. The van der Waals surface area contributed by atoms with E-state index in [0.29, 0.717) is 97.6 Å². The number of carbonyl (C=O) groups excluding carboxylic acids is 4. The van der Waals surface area contributed by atoms with Crippen molar-refractivity contribution in [3.8, 4) is 107 Å². The smallest absolute Gasteiger partial charge is 0.339 e. The molecule has 9 N–H and O–H groups in total. The summed E-state index contributed by atoms with van der Waals surface area (Å²) in [5.74, 6) is -3.80. The van der Waals surface area contributed by atoms with Gasteiger partial charge in [0.2, 0.25) is 29.5 Å². The molecule has 8 atom stereocenters. The molecular formula is C114H82Cl2F2N16O12. The minimum absolute atomic E-state index is 0.0395. The van der Waals surface area contributed by atoms with Gasteiger partial charge in [0.05, 0.1) is 67.0 Å². The van der Waals surface area contributed by atoms with Gasteiger partial charge in [-0.2, -0.15) is 15.4 Å². The van der Waals surface area contributed by atoms with Gasteiger partial charge in [-0.15, -0.1) is 15.3 Å². The molecule has 4 saturated carbocycles. The first-order chi connectivity index (χ1) is 70.7. The molecule has 32 heteroatoms. The molecule has 4 spiro atoms. The number of hydrogen-bond donors (Lipinski definition) is 9. The largest absolute Gasteiger partial charge is 0.507 e. The number of hydrogen-bond acceptors (Lipinski definition) is 17. The van der Waals surface area contributed by atoms with Crippen LogP contribution in [0.15, 0.2) is 316 Å². The van der Waals surface area contributed by atoms with Crippen LogP contribution in [-0.2, 0) is 40.8 Å². The van der Waals surface area contributed by atoms with E-state index in [-0.39, 0.29) is 75.5 Å². The van der Waals surface area contributed by atoms with Crippen molar-refractivity contribution in [2.45, 2.75) is 84.9 Å². The predicted octanol–water partition coefficient (Wildman–Crippen LogP) is 21.8. The average Bonchev–Trinajstić information content (AvgIpc) is 1.53. The molecule has 8 unspecified atom stereocenters. The maximum atomic E-state index is 15.3. The topological polar surface area (TPSA) is 391 Å². The number of aromatic amines is 1. The number of methoxy groups -OCH3 is 1. The van der Waals surface area contributed by atoms with E-state index in [9.17, 15) is 54.0 Å². The van der Waals surface area contributed by atoms with Crippen LogP contribution in [0.25, 0.3) is 95.2 Å². The molecule has 4 aromatic heterocycles. The number of benzene rings is 14. The Morgan fingerprint density at radius 2 is 0.774 bits per heavy atom. The molecule has 0 bridgehead atoms. The van der Waals surface area contributed by atoms with Crippen molar-refractivity contribution in [3.05, 3.63) is 410 Å². The van der Waals surface area contributed by atoms with Crippen LogP contribution in [-0.4, -0.2) is 129 Å². The Kier molecular flexibility index (Phi) is 22.4. The van der Waals surface area contributed by atoms with Gasteiger partial charge in [0.25, 0.3) is 0 Å². The van der Waals surface area contributed by atoms with Crippen molar-refractivity contribution in [1.29, 1.82) is 0 Å². The van der Waals surface area contributed by atoms with Crippen LogP contribution >= 0.6 is 23.2 Å². The van der Waals surface area contributed by atoms with E-state index < -0.39 is 51.2 Å². The SMILES string of the molecule is COc1ccc(C2CC23C(=O)Nc2cc(F)c(-c4ccc(-c5ccc(-n6cccn6)cc5)cc4)cc23)cc1C(=O)O.Cc1ccc(C2CC23C(=O)Nc2cc(Cl)c(-c4ccc(-n5cccn5)cc4)cc23)cc1C(=O)O.Cc1ccc(C2CC23C(=O)Nc2cc(Cl)c(-c4ccc(-n5cnnn5)cc4)cc23)cc1C(=O)O.O=C1Nc2cc(F)c(-c3ccc(-c4ccccc4O)cc3)cc2C12CC2c1cccc(-c2nn[nH]n2)c1. The molecule has 4 aliphatic heterocycles. The number of aromatic nitrogens is 12. The summed E-state index contributed by atoms with van der Waals surface area (Å²) in [4.78, 5) is 87.7. The minimum Gasteiger partial charge on any atom is -0.507 e. The normalized spacial score (nSPS) is 19.7. The number of halogens is 4. The van der Waals surface area contributed by atoms with Crippen LogP contribution in [0.1, 0.15) is 136 Å². The minimum atomic E-state index is -1.10. The lowest BCUT2D eigenvalue weighted by Gasteiger charge is -2.13. The number of amides is 4. The number of carbonyl (C=O) groups is 7. The van der Waals surface area contributed by atoms with E-state index in [2.05, 4.69) is 67.6 Å². The van der Waals surface area contributed by atoms with Crippen molar-refractivity contribution >= 4 is 87.5 Å². The second kappa shape index (κ2) is 35.6. The third-order valence-electron chi connectivity index (χ3n) is 29.7. The van der Waals surface area contributed by atoms with Gasteiger partial charge in [0.1, 0.15) is 35.0 Å². The van der Waals surface area contributed by atoms with Gasteiger partial charge >= 0.3 is 17.9 Å². The van der Waals surface area contributed by atoms with Crippen LogP contribution in [0.2, 0.25) is 10.0 Å². The first-order valence-electron chi connectivity index (χ1n) is 46.8. The van der Waals surface area contributed by atoms with Gasteiger partial charge in [-0.1, -0.05) is 175 Å². The molecule has 0 radical (unpaired) electrons. The van der Waals surface area contributed by atoms with Gasteiger partial charge in [-0.3, -0.25) is 19.2 Å². The Balaban J connectivity index is 0.000000108. The molecule has 718 valence electrons. The molecule has 4 fully saturated rings. The summed E-state index contributed by atoms with van der Waals surface area (Å²) in [7, 11) is 1.42. The maximum Gasteiger partial charge on any atom is 0.339 e. The average molecular weight is 1980 g/mol. The van der Waals surface area contributed by atoms with E-state index in [4.69, 9.17) is 27.9 Å². The molecule has 18 aromatic rings. The van der Waals surface area contributed by atoms with Crippen molar-refractivity contribution in [2.24, 2.45) is 0 Å². The highest BCUT2D eigenvalue weighted by molar-refractivity contribution is 6.35. The Hall–Kier alpha value is -18.0. The molecule has 14 aromatic carbocycles. The van der Waals surface area contributed by atoms with E-state index in [1.807, 2.05) is 219 Å². The molecular weight excluding hydrogens is 1890 g/mol. The van der Waals surface area contributed by atoms with Gasteiger partial charge in [0.15, 0.2) is 0 Å². The summed E-state index contributed by atoms with van der Waals surface area (Å²) < 4.78 is 40.9. The fourth-order valence-electron chi connectivity index (χ4n) is 21.7. The Bertz CT molecular complexity index is 8210. The second-order valence-electron chi connectivity index (χ2n) is 37.6.